The Hall–Kier alpha value is -1.98. The van der Waals surface area contributed by atoms with Gasteiger partial charge in [-0.3, -0.25) is 9.59 Å². The maximum absolute atomic E-state index is 13.6. The summed E-state index contributed by atoms with van der Waals surface area (Å²) in [5, 5.41) is 0. The second-order valence-corrected chi connectivity index (χ2v) is 5.61. The predicted molar refractivity (Wildman–Crippen MR) is 77.9 cm³/mol. The van der Waals surface area contributed by atoms with Crippen molar-refractivity contribution in [2.45, 2.75) is 32.2 Å². The topological polar surface area (TPSA) is 40.6 Å². The normalized spacial score (nSPS) is 15.6. The summed E-state index contributed by atoms with van der Waals surface area (Å²) in [6.45, 7) is 0.647. The Morgan fingerprint density at radius 3 is 2.77 bits per heavy atom. The van der Waals surface area contributed by atoms with Crippen molar-refractivity contribution in [2.24, 2.45) is 0 Å². The Kier molecular flexibility index (Phi) is 5.46. The molecule has 0 unspecified atom stereocenters. The Morgan fingerprint density at radius 1 is 1.27 bits per heavy atom. The first-order valence-corrected chi connectivity index (χ1v) is 7.43. The van der Waals surface area contributed by atoms with Crippen LogP contribution < -0.4 is 0 Å². The van der Waals surface area contributed by atoms with Gasteiger partial charge in [-0.2, -0.15) is 0 Å². The van der Waals surface area contributed by atoms with E-state index >= 15 is 0 Å². The summed E-state index contributed by atoms with van der Waals surface area (Å²) in [5.41, 5.74) is 0.249. The van der Waals surface area contributed by atoms with Gasteiger partial charge >= 0.3 is 0 Å². The van der Waals surface area contributed by atoms with Gasteiger partial charge in [0, 0.05) is 38.2 Å². The van der Waals surface area contributed by atoms with Crippen LogP contribution in [0.5, 0.6) is 0 Å². The van der Waals surface area contributed by atoms with E-state index < -0.39 is 11.6 Å². The highest BCUT2D eigenvalue weighted by Gasteiger charge is 2.21. The molecular formula is C16H20F2N2O2. The van der Waals surface area contributed by atoms with Crippen LogP contribution in [0.25, 0.3) is 0 Å². The van der Waals surface area contributed by atoms with Crippen LogP contribution in [0.15, 0.2) is 18.2 Å². The zero-order chi connectivity index (χ0) is 16.1. The van der Waals surface area contributed by atoms with E-state index in [0.29, 0.717) is 13.0 Å². The van der Waals surface area contributed by atoms with Gasteiger partial charge in [0.15, 0.2) is 0 Å². The summed E-state index contributed by atoms with van der Waals surface area (Å²) in [5.74, 6) is -1.58. The van der Waals surface area contributed by atoms with Gasteiger partial charge in [-0.15, -0.1) is 0 Å². The van der Waals surface area contributed by atoms with Crippen LogP contribution in [-0.4, -0.2) is 41.8 Å². The van der Waals surface area contributed by atoms with Crippen LogP contribution in [0.2, 0.25) is 0 Å². The molecular weight excluding hydrogens is 290 g/mol. The van der Waals surface area contributed by atoms with E-state index in [1.54, 1.807) is 11.9 Å². The maximum atomic E-state index is 13.6. The van der Waals surface area contributed by atoms with E-state index in [1.807, 2.05) is 0 Å². The van der Waals surface area contributed by atoms with E-state index in [1.165, 1.54) is 11.0 Å². The van der Waals surface area contributed by atoms with Crippen molar-refractivity contribution in [2.75, 3.05) is 20.1 Å². The molecule has 22 heavy (non-hydrogen) atoms. The molecule has 1 saturated heterocycles. The number of likely N-dealkylation sites (tertiary alicyclic amines) is 1. The third-order valence-electron chi connectivity index (χ3n) is 3.85. The van der Waals surface area contributed by atoms with Crippen LogP contribution in [0.1, 0.15) is 31.2 Å². The summed E-state index contributed by atoms with van der Waals surface area (Å²) in [6, 6.07) is 3.28. The molecule has 4 nitrogen and oxygen atoms in total. The number of hydrogen-bond acceptors (Lipinski definition) is 2. The minimum absolute atomic E-state index is 0.00721. The molecule has 1 aromatic carbocycles. The molecule has 2 amide bonds. The summed E-state index contributed by atoms with van der Waals surface area (Å²) in [7, 11) is 1.55. The number of amides is 2. The van der Waals surface area contributed by atoms with Crippen LogP contribution >= 0.6 is 0 Å². The number of likely N-dealkylation sites (N-methyl/N-ethyl adjacent to an activating group) is 1. The summed E-state index contributed by atoms with van der Waals surface area (Å²) in [4.78, 5) is 27.0. The van der Waals surface area contributed by atoms with Crippen molar-refractivity contribution in [3.05, 3.63) is 35.4 Å². The lowest BCUT2D eigenvalue weighted by molar-refractivity contribution is -0.139. The summed E-state index contributed by atoms with van der Waals surface area (Å²) in [6.07, 6.45) is 3.23. The number of hydrogen-bond donors (Lipinski definition) is 0. The average Bonchev–Trinajstić information content (AvgIpc) is 2.67. The molecule has 120 valence electrons. The monoisotopic (exact) mass is 310 g/mol. The molecule has 0 aromatic heterocycles. The van der Waals surface area contributed by atoms with Gasteiger partial charge in [-0.05, 0) is 18.9 Å². The SMILES string of the molecule is CN(Cc1ccc(F)cc1F)C(=O)CN1CCCCCC1=O. The van der Waals surface area contributed by atoms with Crippen LogP contribution in [-0.2, 0) is 16.1 Å². The molecule has 2 rings (SSSR count). The number of halogens is 2. The predicted octanol–water partition coefficient (Wildman–Crippen LogP) is 2.33. The molecule has 1 heterocycles. The number of carbonyl (C=O) groups is 2. The molecule has 1 aromatic rings. The Morgan fingerprint density at radius 2 is 2.05 bits per heavy atom. The van der Waals surface area contributed by atoms with Crippen molar-refractivity contribution in [1.82, 2.24) is 9.80 Å². The number of nitrogens with zero attached hydrogens (tertiary/aromatic N) is 2. The van der Waals surface area contributed by atoms with Crippen LogP contribution in [0.4, 0.5) is 8.78 Å². The lowest BCUT2D eigenvalue weighted by atomic mass is 10.2. The van der Waals surface area contributed by atoms with Crippen molar-refractivity contribution in [3.8, 4) is 0 Å². The van der Waals surface area contributed by atoms with Crippen LogP contribution in [0.3, 0.4) is 0 Å². The molecule has 1 fully saturated rings. The van der Waals surface area contributed by atoms with Gasteiger partial charge in [0.05, 0.1) is 6.54 Å². The first kappa shape index (κ1) is 16.4. The van der Waals surface area contributed by atoms with Crippen molar-refractivity contribution < 1.29 is 18.4 Å². The fraction of sp³-hybridized carbons (Fsp3) is 0.500. The van der Waals surface area contributed by atoms with Crippen molar-refractivity contribution in [1.29, 1.82) is 0 Å². The zero-order valence-corrected chi connectivity index (χ0v) is 12.6. The maximum Gasteiger partial charge on any atom is 0.242 e. The highest BCUT2D eigenvalue weighted by molar-refractivity contribution is 5.84. The molecule has 0 saturated carbocycles. The van der Waals surface area contributed by atoms with Gasteiger partial charge in [0.25, 0.3) is 0 Å². The Labute approximate surface area is 128 Å². The summed E-state index contributed by atoms with van der Waals surface area (Å²) < 4.78 is 26.5. The lowest BCUT2D eigenvalue weighted by Gasteiger charge is -2.24. The zero-order valence-electron chi connectivity index (χ0n) is 12.6. The first-order valence-electron chi connectivity index (χ1n) is 7.43. The van der Waals surface area contributed by atoms with E-state index in [-0.39, 0.29) is 30.5 Å². The van der Waals surface area contributed by atoms with E-state index in [0.717, 1.165) is 31.4 Å². The lowest BCUT2D eigenvalue weighted by Crippen LogP contribution is -2.41. The molecule has 0 aliphatic carbocycles. The molecule has 1 aliphatic heterocycles. The number of benzene rings is 1. The molecule has 1 aliphatic rings. The Bertz CT molecular complexity index is 563. The van der Waals surface area contributed by atoms with Gasteiger partial charge in [0.2, 0.25) is 11.8 Å². The third kappa shape index (κ3) is 4.26. The fourth-order valence-corrected chi connectivity index (χ4v) is 2.48. The molecule has 6 heteroatoms. The Balaban J connectivity index is 1.95. The van der Waals surface area contributed by atoms with Gasteiger partial charge < -0.3 is 9.80 Å². The first-order chi connectivity index (χ1) is 10.5. The van der Waals surface area contributed by atoms with E-state index in [2.05, 4.69) is 0 Å². The molecule has 0 radical (unpaired) electrons. The standard InChI is InChI=1S/C16H20F2N2O2/c1-19(10-12-6-7-13(17)9-14(12)18)16(22)11-20-8-4-2-3-5-15(20)21/h6-7,9H,2-5,8,10-11H2,1H3. The largest absolute Gasteiger partial charge is 0.340 e. The van der Waals surface area contributed by atoms with Crippen molar-refractivity contribution >= 4 is 11.8 Å². The molecule has 0 atom stereocenters. The van der Waals surface area contributed by atoms with Gasteiger partial charge in [-0.25, -0.2) is 8.78 Å². The fourth-order valence-electron chi connectivity index (χ4n) is 2.48. The summed E-state index contributed by atoms with van der Waals surface area (Å²) >= 11 is 0. The average molecular weight is 310 g/mol. The highest BCUT2D eigenvalue weighted by atomic mass is 19.1. The van der Waals surface area contributed by atoms with E-state index in [4.69, 9.17) is 0 Å². The van der Waals surface area contributed by atoms with Crippen LogP contribution in [0, 0.1) is 11.6 Å². The highest BCUT2D eigenvalue weighted by Crippen LogP contribution is 2.13. The van der Waals surface area contributed by atoms with Gasteiger partial charge in [0.1, 0.15) is 11.6 Å². The smallest absolute Gasteiger partial charge is 0.242 e. The second kappa shape index (κ2) is 7.33. The minimum atomic E-state index is -0.675. The molecule has 0 bridgehead atoms. The number of carbonyl (C=O) groups excluding carboxylic acids is 2. The van der Waals surface area contributed by atoms with E-state index in [9.17, 15) is 18.4 Å². The second-order valence-electron chi connectivity index (χ2n) is 5.61. The number of rotatable bonds is 4. The molecule has 0 spiro atoms. The molecule has 0 N–H and O–H groups in total. The quantitative estimate of drug-likeness (QED) is 0.856. The minimum Gasteiger partial charge on any atom is -0.340 e. The van der Waals surface area contributed by atoms with Gasteiger partial charge in [-0.1, -0.05) is 12.5 Å². The van der Waals surface area contributed by atoms with Crippen molar-refractivity contribution in [3.63, 3.8) is 0 Å². The third-order valence-corrected chi connectivity index (χ3v) is 3.85.